The van der Waals surface area contributed by atoms with Gasteiger partial charge in [-0.2, -0.15) is 0 Å². The predicted molar refractivity (Wildman–Crippen MR) is 66.7 cm³/mol. The van der Waals surface area contributed by atoms with Crippen LogP contribution in [0.15, 0.2) is 0 Å². The van der Waals surface area contributed by atoms with E-state index in [0.29, 0.717) is 0 Å². The second-order valence-corrected chi connectivity index (χ2v) is 6.53. The van der Waals surface area contributed by atoms with Crippen molar-refractivity contribution in [3.63, 3.8) is 0 Å². The third kappa shape index (κ3) is 6.78. The maximum absolute atomic E-state index is 10.7. The summed E-state index contributed by atoms with van der Waals surface area (Å²) in [4.78, 5) is 0. The zero-order valence-electron chi connectivity index (χ0n) is 12.4. The van der Waals surface area contributed by atoms with Gasteiger partial charge in [-0.3, -0.25) is 0 Å². The molecule has 0 saturated carbocycles. The zero-order chi connectivity index (χ0) is 15.5. The standard InChI is InChI=1S/C11H22O8S.Na/c1-3-6(2)4-18-11-10(14)9(13)8(12)7(19-11)5-20(15,16)17;/h6-14H,3-5H2,1-2H3,(H,15,16,17);/q;+1/p-1/t6?,7?,8-,9-,10?,11+;/m0./s1. The van der Waals surface area contributed by atoms with Crippen LogP contribution in [0.3, 0.4) is 0 Å². The third-order valence-electron chi connectivity index (χ3n) is 3.28. The minimum Gasteiger partial charge on any atom is -0.748 e. The van der Waals surface area contributed by atoms with Gasteiger partial charge >= 0.3 is 29.6 Å². The normalized spacial score (nSPS) is 35.0. The Morgan fingerprint density at radius 1 is 1.24 bits per heavy atom. The molecule has 0 aliphatic carbocycles. The molecule has 0 aromatic heterocycles. The molecule has 6 atom stereocenters. The van der Waals surface area contributed by atoms with Crippen molar-refractivity contribution in [3.05, 3.63) is 0 Å². The number of ether oxygens (including phenoxy) is 2. The molecule has 0 amide bonds. The van der Waals surface area contributed by atoms with E-state index in [9.17, 15) is 28.3 Å². The summed E-state index contributed by atoms with van der Waals surface area (Å²) in [5.74, 6) is -0.822. The average molecular weight is 336 g/mol. The summed E-state index contributed by atoms with van der Waals surface area (Å²) < 4.78 is 42.5. The maximum Gasteiger partial charge on any atom is 1.00 e. The van der Waals surface area contributed by atoms with Crippen molar-refractivity contribution in [2.75, 3.05) is 12.4 Å². The quantitative estimate of drug-likeness (QED) is 0.326. The van der Waals surface area contributed by atoms with Crippen LogP contribution in [-0.4, -0.2) is 71.4 Å². The number of aliphatic hydroxyl groups is 3. The molecule has 21 heavy (non-hydrogen) atoms. The predicted octanol–water partition coefficient (Wildman–Crippen LogP) is -4.59. The average Bonchev–Trinajstić information content (AvgIpc) is 2.36. The van der Waals surface area contributed by atoms with Crippen LogP contribution >= 0.6 is 0 Å². The molecule has 1 aliphatic rings. The van der Waals surface area contributed by atoms with Crippen LogP contribution in [-0.2, 0) is 19.6 Å². The van der Waals surface area contributed by atoms with Crippen LogP contribution in [0.25, 0.3) is 0 Å². The molecule has 0 aromatic rings. The monoisotopic (exact) mass is 336 g/mol. The summed E-state index contributed by atoms with van der Waals surface area (Å²) in [5, 5.41) is 29.0. The topological polar surface area (TPSA) is 136 Å². The Morgan fingerprint density at radius 3 is 2.29 bits per heavy atom. The third-order valence-corrected chi connectivity index (χ3v) is 4.02. The van der Waals surface area contributed by atoms with E-state index in [2.05, 4.69) is 0 Å². The van der Waals surface area contributed by atoms with Gasteiger partial charge in [0.05, 0.1) is 22.5 Å². The summed E-state index contributed by atoms with van der Waals surface area (Å²) in [7, 11) is -4.64. The van der Waals surface area contributed by atoms with E-state index >= 15 is 0 Å². The van der Waals surface area contributed by atoms with Crippen molar-refractivity contribution in [2.45, 2.75) is 51.0 Å². The maximum atomic E-state index is 10.7. The van der Waals surface area contributed by atoms with Crippen LogP contribution in [0, 0.1) is 5.92 Å². The molecule has 0 aromatic carbocycles. The van der Waals surface area contributed by atoms with Gasteiger partial charge in [-0.15, -0.1) is 0 Å². The van der Waals surface area contributed by atoms with E-state index in [4.69, 9.17) is 9.47 Å². The first-order valence-electron chi connectivity index (χ1n) is 6.40. The van der Waals surface area contributed by atoms with Crippen molar-refractivity contribution in [1.29, 1.82) is 0 Å². The molecule has 1 fully saturated rings. The SMILES string of the molecule is CCC(C)CO[C@@H]1OC(CS(=O)(=O)[O-])[C@H](O)[C@H](O)C1O.[Na+]. The number of rotatable bonds is 6. The molecule has 1 heterocycles. The largest absolute Gasteiger partial charge is 1.00 e. The molecule has 1 aliphatic heterocycles. The van der Waals surface area contributed by atoms with Crippen LogP contribution < -0.4 is 29.6 Å². The van der Waals surface area contributed by atoms with Crippen molar-refractivity contribution in [1.82, 2.24) is 0 Å². The summed E-state index contributed by atoms with van der Waals surface area (Å²) in [6.07, 6.45) is -6.71. The van der Waals surface area contributed by atoms with E-state index in [-0.39, 0.29) is 42.1 Å². The minimum atomic E-state index is -4.64. The van der Waals surface area contributed by atoms with E-state index in [0.717, 1.165) is 6.42 Å². The van der Waals surface area contributed by atoms with Crippen LogP contribution in [0.5, 0.6) is 0 Å². The Bertz CT molecular complexity index is 403. The molecular weight excluding hydrogens is 315 g/mol. The minimum absolute atomic E-state index is 0. The summed E-state index contributed by atoms with van der Waals surface area (Å²) >= 11 is 0. The van der Waals surface area contributed by atoms with Gasteiger partial charge in [0.2, 0.25) is 0 Å². The summed E-state index contributed by atoms with van der Waals surface area (Å²) in [6.45, 7) is 4.08. The molecule has 0 radical (unpaired) electrons. The van der Waals surface area contributed by atoms with Gasteiger partial charge in [0.25, 0.3) is 0 Å². The Kier molecular flexibility index (Phi) is 9.42. The van der Waals surface area contributed by atoms with Gasteiger partial charge in [0.15, 0.2) is 6.29 Å². The van der Waals surface area contributed by atoms with Gasteiger partial charge < -0.3 is 29.3 Å². The molecular formula is C11H21NaO8S. The Labute approximate surface area is 146 Å². The molecule has 10 heteroatoms. The first-order valence-corrected chi connectivity index (χ1v) is 7.98. The summed E-state index contributed by atoms with van der Waals surface area (Å²) in [6, 6.07) is 0. The molecule has 3 unspecified atom stereocenters. The smallest absolute Gasteiger partial charge is 0.748 e. The molecule has 8 nitrogen and oxygen atoms in total. The number of hydrogen-bond donors (Lipinski definition) is 3. The van der Waals surface area contributed by atoms with Gasteiger partial charge in [-0.1, -0.05) is 20.3 Å². The first kappa shape index (κ1) is 21.7. The Morgan fingerprint density at radius 2 is 1.81 bits per heavy atom. The van der Waals surface area contributed by atoms with Crippen molar-refractivity contribution in [2.24, 2.45) is 5.92 Å². The second-order valence-electron chi connectivity index (χ2n) is 5.09. The molecule has 1 saturated heterocycles. The van der Waals surface area contributed by atoms with Gasteiger partial charge in [0.1, 0.15) is 24.4 Å². The van der Waals surface area contributed by atoms with Gasteiger partial charge in [-0.05, 0) is 5.92 Å². The van der Waals surface area contributed by atoms with E-state index in [1.807, 2.05) is 13.8 Å². The van der Waals surface area contributed by atoms with Gasteiger partial charge in [0, 0.05) is 0 Å². The van der Waals surface area contributed by atoms with E-state index < -0.39 is 46.6 Å². The fourth-order valence-corrected chi connectivity index (χ4v) is 2.45. The van der Waals surface area contributed by atoms with Crippen molar-refractivity contribution < 1.29 is 67.3 Å². The number of hydrogen-bond acceptors (Lipinski definition) is 8. The fourth-order valence-electron chi connectivity index (χ4n) is 1.77. The van der Waals surface area contributed by atoms with Crippen molar-refractivity contribution in [3.8, 4) is 0 Å². The summed E-state index contributed by atoms with van der Waals surface area (Å²) in [5.41, 5.74) is 0. The van der Waals surface area contributed by atoms with Crippen LogP contribution in [0.2, 0.25) is 0 Å². The van der Waals surface area contributed by atoms with Gasteiger partial charge in [-0.25, -0.2) is 8.42 Å². The molecule has 0 spiro atoms. The molecule has 120 valence electrons. The Hall–Kier alpha value is 0.710. The molecule has 3 N–H and O–H groups in total. The van der Waals surface area contributed by atoms with E-state index in [1.54, 1.807) is 0 Å². The zero-order valence-corrected chi connectivity index (χ0v) is 15.2. The molecule has 0 bridgehead atoms. The second kappa shape index (κ2) is 9.11. The van der Waals surface area contributed by atoms with Crippen LogP contribution in [0.4, 0.5) is 0 Å². The molecule has 1 rings (SSSR count). The first-order chi connectivity index (χ1) is 9.15. The van der Waals surface area contributed by atoms with E-state index in [1.165, 1.54) is 0 Å². The van der Waals surface area contributed by atoms with Crippen molar-refractivity contribution >= 4 is 10.1 Å². The fraction of sp³-hybridized carbons (Fsp3) is 1.00. The van der Waals surface area contributed by atoms with Crippen LogP contribution in [0.1, 0.15) is 20.3 Å². The Balaban J connectivity index is 0.00000400. The number of aliphatic hydroxyl groups excluding tert-OH is 3.